The van der Waals surface area contributed by atoms with E-state index in [4.69, 9.17) is 0 Å². The third-order valence-corrected chi connectivity index (χ3v) is 1.93. The number of nitrogens with zero attached hydrogens (tertiary/aromatic N) is 3. The topological polar surface area (TPSA) is 42.7 Å². The maximum Gasteiger partial charge on any atom is 0.0810 e. The second-order valence-corrected chi connectivity index (χ2v) is 3.18. The van der Waals surface area contributed by atoms with Crippen molar-refractivity contribution in [3.63, 3.8) is 0 Å². The van der Waals surface area contributed by atoms with Crippen molar-refractivity contribution in [3.05, 3.63) is 18.0 Å². The SMILES string of the molecule is CCCn1nncc1/C=C/CCNC. The Labute approximate surface area is 85.0 Å². The van der Waals surface area contributed by atoms with Crippen LogP contribution >= 0.6 is 0 Å². The molecule has 4 nitrogen and oxygen atoms in total. The molecule has 1 rings (SSSR count). The molecule has 0 saturated carbocycles. The standard InChI is InChI=1S/C10H18N4/c1-3-8-14-10(9-12-13-14)6-4-5-7-11-2/h4,6,9,11H,3,5,7-8H2,1-2H3/b6-4+. The molecule has 0 aliphatic heterocycles. The van der Waals surface area contributed by atoms with Crippen molar-refractivity contribution in [1.82, 2.24) is 20.3 Å². The van der Waals surface area contributed by atoms with E-state index in [0.29, 0.717) is 0 Å². The van der Waals surface area contributed by atoms with Gasteiger partial charge in [-0.15, -0.1) is 5.10 Å². The van der Waals surface area contributed by atoms with Gasteiger partial charge < -0.3 is 5.32 Å². The second-order valence-electron chi connectivity index (χ2n) is 3.18. The molecule has 14 heavy (non-hydrogen) atoms. The highest BCUT2D eigenvalue weighted by atomic mass is 15.4. The molecule has 0 unspecified atom stereocenters. The van der Waals surface area contributed by atoms with Gasteiger partial charge in [0.2, 0.25) is 0 Å². The van der Waals surface area contributed by atoms with Gasteiger partial charge in [-0.1, -0.05) is 18.2 Å². The van der Waals surface area contributed by atoms with Gasteiger partial charge in [0.05, 0.1) is 11.9 Å². The lowest BCUT2D eigenvalue weighted by Crippen LogP contribution is -2.06. The summed E-state index contributed by atoms with van der Waals surface area (Å²) in [5.41, 5.74) is 1.09. The minimum atomic E-state index is 0.936. The van der Waals surface area contributed by atoms with Crippen LogP contribution in [0.1, 0.15) is 25.5 Å². The van der Waals surface area contributed by atoms with Crippen molar-refractivity contribution in [1.29, 1.82) is 0 Å². The molecule has 0 fully saturated rings. The first-order valence-corrected chi connectivity index (χ1v) is 5.08. The molecule has 0 atom stereocenters. The van der Waals surface area contributed by atoms with Crippen LogP contribution in [0.5, 0.6) is 0 Å². The average Bonchev–Trinajstić information content (AvgIpc) is 2.61. The maximum absolute atomic E-state index is 4.00. The summed E-state index contributed by atoms with van der Waals surface area (Å²) in [6.45, 7) is 4.08. The Morgan fingerprint density at radius 2 is 2.43 bits per heavy atom. The van der Waals surface area contributed by atoms with Gasteiger partial charge in [-0.3, -0.25) is 0 Å². The summed E-state index contributed by atoms with van der Waals surface area (Å²) in [5.74, 6) is 0. The van der Waals surface area contributed by atoms with Crippen LogP contribution in [0, 0.1) is 0 Å². The van der Waals surface area contributed by atoms with Crippen LogP contribution in [-0.2, 0) is 6.54 Å². The van der Waals surface area contributed by atoms with Gasteiger partial charge in [0, 0.05) is 6.54 Å². The zero-order valence-electron chi connectivity index (χ0n) is 8.90. The molecule has 0 aliphatic carbocycles. The van der Waals surface area contributed by atoms with Crippen LogP contribution in [0.3, 0.4) is 0 Å². The molecule has 0 amide bonds. The number of hydrogen-bond donors (Lipinski definition) is 1. The largest absolute Gasteiger partial charge is 0.319 e. The lowest BCUT2D eigenvalue weighted by atomic mass is 10.3. The van der Waals surface area contributed by atoms with E-state index in [1.165, 1.54) is 0 Å². The zero-order chi connectivity index (χ0) is 10.2. The summed E-state index contributed by atoms with van der Waals surface area (Å²) in [4.78, 5) is 0. The Hall–Kier alpha value is -1.16. The number of rotatable bonds is 6. The Balaban J connectivity index is 2.48. The van der Waals surface area contributed by atoms with Crippen LogP contribution in [-0.4, -0.2) is 28.6 Å². The molecular weight excluding hydrogens is 176 g/mol. The minimum Gasteiger partial charge on any atom is -0.319 e. The van der Waals surface area contributed by atoms with E-state index in [1.54, 1.807) is 6.20 Å². The molecule has 0 radical (unpaired) electrons. The van der Waals surface area contributed by atoms with Crippen molar-refractivity contribution >= 4 is 6.08 Å². The highest BCUT2D eigenvalue weighted by Gasteiger charge is 1.97. The van der Waals surface area contributed by atoms with Crippen molar-refractivity contribution in [2.45, 2.75) is 26.3 Å². The number of aryl methyl sites for hydroxylation is 1. The van der Waals surface area contributed by atoms with Crippen LogP contribution in [0.15, 0.2) is 12.3 Å². The van der Waals surface area contributed by atoms with E-state index < -0.39 is 0 Å². The summed E-state index contributed by atoms with van der Waals surface area (Å²) in [6, 6.07) is 0. The quantitative estimate of drug-likeness (QED) is 0.694. The van der Waals surface area contributed by atoms with Crippen LogP contribution in [0.2, 0.25) is 0 Å². The molecule has 1 aromatic heterocycles. The van der Waals surface area contributed by atoms with Gasteiger partial charge >= 0.3 is 0 Å². The fourth-order valence-electron chi connectivity index (χ4n) is 1.21. The molecule has 0 spiro atoms. The van der Waals surface area contributed by atoms with E-state index in [2.05, 4.69) is 34.7 Å². The summed E-state index contributed by atoms with van der Waals surface area (Å²) in [5, 5.41) is 11.0. The lowest BCUT2D eigenvalue weighted by molar-refractivity contribution is 0.575. The highest BCUT2D eigenvalue weighted by Crippen LogP contribution is 2.01. The normalized spacial score (nSPS) is 11.3. The summed E-state index contributed by atoms with van der Waals surface area (Å²) in [6.07, 6.45) is 8.13. The van der Waals surface area contributed by atoms with E-state index in [0.717, 1.165) is 31.6 Å². The first-order chi connectivity index (χ1) is 6.88. The van der Waals surface area contributed by atoms with Crippen molar-refractivity contribution in [3.8, 4) is 0 Å². The molecule has 0 aromatic carbocycles. The molecule has 0 aliphatic rings. The van der Waals surface area contributed by atoms with Crippen LogP contribution in [0.25, 0.3) is 6.08 Å². The molecule has 0 saturated heterocycles. The van der Waals surface area contributed by atoms with Crippen molar-refractivity contribution in [2.75, 3.05) is 13.6 Å². The van der Waals surface area contributed by atoms with E-state index in [1.807, 2.05) is 11.7 Å². The highest BCUT2D eigenvalue weighted by molar-refractivity contribution is 5.42. The van der Waals surface area contributed by atoms with E-state index in [9.17, 15) is 0 Å². The molecule has 0 bridgehead atoms. The van der Waals surface area contributed by atoms with Crippen LogP contribution in [0.4, 0.5) is 0 Å². The van der Waals surface area contributed by atoms with Gasteiger partial charge in [-0.25, -0.2) is 4.68 Å². The van der Waals surface area contributed by atoms with Crippen LogP contribution < -0.4 is 5.32 Å². The summed E-state index contributed by atoms with van der Waals surface area (Å²) < 4.78 is 1.93. The minimum absolute atomic E-state index is 0.936. The Morgan fingerprint density at radius 1 is 1.57 bits per heavy atom. The number of hydrogen-bond acceptors (Lipinski definition) is 3. The first-order valence-electron chi connectivity index (χ1n) is 5.08. The summed E-state index contributed by atoms with van der Waals surface area (Å²) in [7, 11) is 1.96. The fraction of sp³-hybridized carbons (Fsp3) is 0.600. The molecule has 1 N–H and O–H groups in total. The summed E-state index contributed by atoms with van der Waals surface area (Å²) >= 11 is 0. The zero-order valence-corrected chi connectivity index (χ0v) is 8.90. The van der Waals surface area contributed by atoms with Gasteiger partial charge in [0.25, 0.3) is 0 Å². The first kappa shape index (κ1) is 10.9. The molecule has 78 valence electrons. The Morgan fingerprint density at radius 3 is 3.14 bits per heavy atom. The van der Waals surface area contributed by atoms with E-state index in [-0.39, 0.29) is 0 Å². The molecule has 1 aromatic rings. The van der Waals surface area contributed by atoms with Gasteiger partial charge in [0.1, 0.15) is 0 Å². The number of nitrogens with one attached hydrogen (secondary N) is 1. The number of aromatic nitrogens is 3. The smallest absolute Gasteiger partial charge is 0.0810 e. The lowest BCUT2D eigenvalue weighted by Gasteiger charge is -1.99. The van der Waals surface area contributed by atoms with Gasteiger partial charge in [-0.05, 0) is 32.5 Å². The molecule has 1 heterocycles. The van der Waals surface area contributed by atoms with Crippen molar-refractivity contribution in [2.24, 2.45) is 0 Å². The molecular formula is C10H18N4. The predicted octanol–water partition coefficient (Wildman–Crippen LogP) is 1.31. The third-order valence-electron chi connectivity index (χ3n) is 1.93. The predicted molar refractivity (Wildman–Crippen MR) is 57.9 cm³/mol. The van der Waals surface area contributed by atoms with Gasteiger partial charge in [-0.2, -0.15) is 0 Å². The Kier molecular flexibility index (Phi) is 4.93. The molecule has 4 heteroatoms. The third kappa shape index (κ3) is 3.30. The van der Waals surface area contributed by atoms with Crippen molar-refractivity contribution < 1.29 is 0 Å². The second kappa shape index (κ2) is 6.32. The Bertz CT molecular complexity index is 277. The maximum atomic E-state index is 4.00. The monoisotopic (exact) mass is 194 g/mol. The van der Waals surface area contributed by atoms with Gasteiger partial charge in [0.15, 0.2) is 0 Å². The fourth-order valence-corrected chi connectivity index (χ4v) is 1.21. The van der Waals surface area contributed by atoms with E-state index >= 15 is 0 Å². The average molecular weight is 194 g/mol.